The molecule has 0 radical (unpaired) electrons. The molecule has 172 valence electrons. The molecule has 2 aromatic carbocycles. The van der Waals surface area contributed by atoms with Gasteiger partial charge in [0.05, 0.1) is 17.4 Å². The van der Waals surface area contributed by atoms with Gasteiger partial charge in [-0.25, -0.2) is 9.80 Å². The topological polar surface area (TPSA) is 70.7 Å². The van der Waals surface area contributed by atoms with E-state index in [4.69, 9.17) is 9.62 Å². The highest BCUT2D eigenvalue weighted by atomic mass is 16.5. The molecule has 3 aromatic rings. The maximum absolute atomic E-state index is 12.7. The predicted octanol–water partition coefficient (Wildman–Crippen LogP) is 5.59. The molecule has 0 spiro atoms. The van der Waals surface area contributed by atoms with Gasteiger partial charge in [0.25, 0.3) is 0 Å². The number of aromatic nitrogens is 1. The molecule has 1 N–H and O–H groups in total. The number of amides is 2. The van der Waals surface area contributed by atoms with Gasteiger partial charge in [0, 0.05) is 23.7 Å². The summed E-state index contributed by atoms with van der Waals surface area (Å²) >= 11 is 0. The van der Waals surface area contributed by atoms with E-state index in [2.05, 4.69) is 73.7 Å². The number of benzene rings is 2. The number of hydrogen-bond donors (Lipinski definition) is 1. The number of fused-ring (bicyclic) bond motifs is 1. The normalized spacial score (nSPS) is 16.2. The summed E-state index contributed by atoms with van der Waals surface area (Å²) < 4.78 is 5.34. The van der Waals surface area contributed by atoms with E-state index in [9.17, 15) is 4.79 Å². The van der Waals surface area contributed by atoms with Crippen molar-refractivity contribution in [3.63, 3.8) is 0 Å². The van der Waals surface area contributed by atoms with E-state index in [0.29, 0.717) is 0 Å². The van der Waals surface area contributed by atoms with Crippen molar-refractivity contribution < 1.29 is 9.32 Å². The molecule has 0 fully saturated rings. The van der Waals surface area contributed by atoms with E-state index in [0.717, 1.165) is 45.8 Å². The zero-order chi connectivity index (χ0) is 23.9. The van der Waals surface area contributed by atoms with E-state index in [1.165, 1.54) is 11.1 Å². The summed E-state index contributed by atoms with van der Waals surface area (Å²) in [4.78, 5) is 12.7. The van der Waals surface area contributed by atoms with Crippen molar-refractivity contribution in [1.29, 1.82) is 0 Å². The Morgan fingerprint density at radius 3 is 2.33 bits per heavy atom. The van der Waals surface area contributed by atoms with Crippen LogP contribution in [0.15, 0.2) is 52.1 Å². The van der Waals surface area contributed by atoms with Gasteiger partial charge in [-0.3, -0.25) is 0 Å². The molecule has 0 aliphatic carbocycles. The highest BCUT2D eigenvalue weighted by Gasteiger charge is 2.28. The lowest BCUT2D eigenvalue weighted by atomic mass is 9.83. The highest BCUT2D eigenvalue weighted by molar-refractivity contribution is 6.14. The Bertz CT molecular complexity index is 1200. The number of hydrogen-bond acceptors (Lipinski definition) is 4. The van der Waals surface area contributed by atoms with Crippen LogP contribution < -0.4 is 5.32 Å². The predicted molar refractivity (Wildman–Crippen MR) is 132 cm³/mol. The van der Waals surface area contributed by atoms with Gasteiger partial charge >= 0.3 is 6.03 Å². The molecule has 1 aliphatic heterocycles. The standard InChI is InChI=1S/C27H32N4O2/c1-16-14-21-12-13-22(27(4,5)6)15-23(21)25(29-31(16)26(32)28-7)20-10-8-19(9-11-20)24-17(2)30-33-18(24)3/h8-13,15-16H,14H2,1-7H3,(H,28,32). The second-order valence-corrected chi connectivity index (χ2v) is 9.80. The molecule has 2 heterocycles. The molecule has 0 saturated carbocycles. The van der Waals surface area contributed by atoms with Crippen LogP contribution in [0.4, 0.5) is 4.79 Å². The fourth-order valence-electron chi connectivity index (χ4n) is 4.37. The number of carbonyl (C=O) groups is 1. The van der Waals surface area contributed by atoms with E-state index < -0.39 is 0 Å². The Hall–Kier alpha value is -3.41. The average molecular weight is 445 g/mol. The van der Waals surface area contributed by atoms with Gasteiger partial charge in [0.2, 0.25) is 0 Å². The Morgan fingerprint density at radius 1 is 1.09 bits per heavy atom. The van der Waals surface area contributed by atoms with Crippen LogP contribution in [0.5, 0.6) is 0 Å². The van der Waals surface area contributed by atoms with E-state index in [-0.39, 0.29) is 17.5 Å². The van der Waals surface area contributed by atoms with E-state index in [1.54, 1.807) is 12.1 Å². The molecule has 1 atom stereocenters. The first-order valence-corrected chi connectivity index (χ1v) is 11.4. The quantitative estimate of drug-likeness (QED) is 0.560. The van der Waals surface area contributed by atoms with Crippen molar-refractivity contribution in [3.05, 3.63) is 76.2 Å². The van der Waals surface area contributed by atoms with Gasteiger partial charge in [-0.15, -0.1) is 0 Å². The van der Waals surface area contributed by atoms with E-state index >= 15 is 0 Å². The van der Waals surface area contributed by atoms with Gasteiger partial charge in [0.15, 0.2) is 0 Å². The van der Waals surface area contributed by atoms with Crippen LogP contribution in [0.3, 0.4) is 0 Å². The molecule has 6 heteroatoms. The van der Waals surface area contributed by atoms with Crippen LogP contribution in [-0.2, 0) is 11.8 Å². The summed E-state index contributed by atoms with van der Waals surface area (Å²) in [7, 11) is 1.64. The van der Waals surface area contributed by atoms with Gasteiger partial charge < -0.3 is 9.84 Å². The van der Waals surface area contributed by atoms with Crippen molar-refractivity contribution in [2.45, 2.75) is 59.4 Å². The third-order valence-electron chi connectivity index (χ3n) is 6.27. The number of rotatable bonds is 2. The summed E-state index contributed by atoms with van der Waals surface area (Å²) in [5.74, 6) is 0.798. The molecule has 1 aliphatic rings. The zero-order valence-corrected chi connectivity index (χ0v) is 20.5. The second-order valence-electron chi connectivity index (χ2n) is 9.80. The molecule has 6 nitrogen and oxygen atoms in total. The smallest absolute Gasteiger partial charge is 0.337 e. The minimum atomic E-state index is -0.212. The molecule has 1 unspecified atom stereocenters. The van der Waals surface area contributed by atoms with Crippen molar-refractivity contribution in [3.8, 4) is 11.1 Å². The molecular weight excluding hydrogens is 412 g/mol. The lowest BCUT2D eigenvalue weighted by molar-refractivity contribution is 0.184. The summed E-state index contributed by atoms with van der Waals surface area (Å²) in [5.41, 5.74) is 8.20. The number of nitrogens with zero attached hydrogens (tertiary/aromatic N) is 3. The monoisotopic (exact) mass is 444 g/mol. The molecule has 1 aromatic heterocycles. The number of aryl methyl sites for hydroxylation is 2. The van der Waals surface area contributed by atoms with Crippen LogP contribution in [-0.4, -0.2) is 35.0 Å². The second kappa shape index (κ2) is 8.50. The van der Waals surface area contributed by atoms with Crippen molar-refractivity contribution in [2.75, 3.05) is 7.05 Å². The molecular formula is C27H32N4O2. The molecule has 4 rings (SSSR count). The lowest BCUT2D eigenvalue weighted by Crippen LogP contribution is -2.41. The third kappa shape index (κ3) is 4.30. The average Bonchev–Trinajstić information content (AvgIpc) is 3.03. The van der Waals surface area contributed by atoms with Gasteiger partial charge in [-0.1, -0.05) is 62.3 Å². The van der Waals surface area contributed by atoms with Crippen LogP contribution in [0, 0.1) is 13.8 Å². The van der Waals surface area contributed by atoms with Crippen LogP contribution in [0.2, 0.25) is 0 Å². The SMILES string of the molecule is CNC(=O)N1N=C(c2ccc(-c3c(C)noc3C)cc2)c2cc(C(C)(C)C)ccc2CC1C. The Balaban J connectivity index is 1.87. The Labute approximate surface area is 195 Å². The highest BCUT2D eigenvalue weighted by Crippen LogP contribution is 2.31. The minimum Gasteiger partial charge on any atom is -0.361 e. The Kier molecular flexibility index (Phi) is 5.87. The first-order chi connectivity index (χ1) is 15.6. The third-order valence-corrected chi connectivity index (χ3v) is 6.27. The van der Waals surface area contributed by atoms with E-state index in [1.807, 2.05) is 20.8 Å². The van der Waals surface area contributed by atoms with Gasteiger partial charge in [0.1, 0.15) is 5.76 Å². The fourth-order valence-corrected chi connectivity index (χ4v) is 4.37. The molecule has 0 bridgehead atoms. The number of hydrazone groups is 1. The van der Waals surface area contributed by atoms with Crippen molar-refractivity contribution in [2.24, 2.45) is 5.10 Å². The number of urea groups is 1. The van der Waals surface area contributed by atoms with Crippen molar-refractivity contribution in [1.82, 2.24) is 15.5 Å². The van der Waals surface area contributed by atoms with Gasteiger partial charge in [-0.2, -0.15) is 5.10 Å². The fraction of sp³-hybridized carbons (Fsp3) is 0.370. The maximum atomic E-state index is 12.7. The number of carbonyl (C=O) groups excluding carboxylic acids is 1. The summed E-state index contributed by atoms with van der Waals surface area (Å²) in [6.07, 6.45) is 0.733. The molecule has 0 saturated heterocycles. The summed E-state index contributed by atoms with van der Waals surface area (Å²) in [5, 5.41) is 13.3. The Morgan fingerprint density at radius 2 is 1.76 bits per heavy atom. The first kappa shape index (κ1) is 22.8. The largest absolute Gasteiger partial charge is 0.361 e. The lowest BCUT2D eigenvalue weighted by Gasteiger charge is -2.22. The number of nitrogens with one attached hydrogen (secondary N) is 1. The minimum absolute atomic E-state index is 0.00569. The first-order valence-electron chi connectivity index (χ1n) is 11.4. The zero-order valence-electron chi connectivity index (χ0n) is 20.5. The summed E-state index contributed by atoms with van der Waals surface area (Å²) in [6, 6.07) is 14.6. The summed E-state index contributed by atoms with van der Waals surface area (Å²) in [6.45, 7) is 12.5. The van der Waals surface area contributed by atoms with Gasteiger partial charge in [-0.05, 0) is 55.4 Å². The van der Waals surface area contributed by atoms with Crippen molar-refractivity contribution >= 4 is 11.7 Å². The maximum Gasteiger partial charge on any atom is 0.337 e. The van der Waals surface area contributed by atoms with Crippen LogP contribution in [0.25, 0.3) is 11.1 Å². The molecule has 2 amide bonds. The van der Waals surface area contributed by atoms with Crippen LogP contribution in [0.1, 0.15) is 61.4 Å². The van der Waals surface area contributed by atoms with Crippen LogP contribution >= 0.6 is 0 Å². The molecule has 33 heavy (non-hydrogen) atoms.